The van der Waals surface area contributed by atoms with Gasteiger partial charge in [0.15, 0.2) is 5.58 Å². The molecule has 1 amide bonds. The molecular formula is C22H19ClN4O2S. The minimum atomic E-state index is -0.234. The predicted octanol–water partition coefficient (Wildman–Crippen LogP) is 5.13. The van der Waals surface area contributed by atoms with Crippen LogP contribution in [-0.2, 0) is 4.79 Å². The first-order chi connectivity index (χ1) is 14.5. The van der Waals surface area contributed by atoms with E-state index in [0.717, 1.165) is 28.2 Å². The zero-order valence-corrected chi connectivity index (χ0v) is 18.0. The number of amides is 1. The lowest BCUT2D eigenvalue weighted by Gasteiger charge is -2.09. The van der Waals surface area contributed by atoms with Crippen LogP contribution in [0.4, 0.5) is 0 Å². The van der Waals surface area contributed by atoms with Gasteiger partial charge in [0.1, 0.15) is 5.52 Å². The van der Waals surface area contributed by atoms with Crippen LogP contribution in [-0.4, -0.2) is 27.4 Å². The largest absolute Gasteiger partial charge is 0.431 e. The van der Waals surface area contributed by atoms with Crippen molar-refractivity contribution in [2.24, 2.45) is 5.10 Å². The number of carbonyl (C=O) groups is 1. The standard InChI is InChI=1S/C22H19ClN4O2S/c1-14-10-16(15(2)27(14)18-7-5-6-17(23)11-18)12-24-26-21(28)13-30-22-25-19-8-3-4-9-20(19)29-22/h3-12H,13H2,1-2H3,(H,26,28)/b24-12-. The van der Waals surface area contributed by atoms with Crippen molar-refractivity contribution in [3.8, 4) is 5.69 Å². The third-order valence-electron chi connectivity index (χ3n) is 4.53. The smallest absolute Gasteiger partial charge is 0.257 e. The molecule has 2 heterocycles. The summed E-state index contributed by atoms with van der Waals surface area (Å²) >= 11 is 7.35. The van der Waals surface area contributed by atoms with Crippen molar-refractivity contribution in [3.63, 3.8) is 0 Å². The zero-order chi connectivity index (χ0) is 21.1. The minimum Gasteiger partial charge on any atom is -0.431 e. The van der Waals surface area contributed by atoms with Crippen LogP contribution >= 0.6 is 23.4 Å². The van der Waals surface area contributed by atoms with Crippen molar-refractivity contribution >= 4 is 46.6 Å². The number of hydrogen-bond acceptors (Lipinski definition) is 5. The molecule has 0 unspecified atom stereocenters. The van der Waals surface area contributed by atoms with Gasteiger partial charge in [0, 0.05) is 27.7 Å². The van der Waals surface area contributed by atoms with Gasteiger partial charge >= 0.3 is 0 Å². The van der Waals surface area contributed by atoms with Crippen molar-refractivity contribution < 1.29 is 9.21 Å². The summed E-state index contributed by atoms with van der Waals surface area (Å²) < 4.78 is 7.69. The number of hydrogen-bond donors (Lipinski definition) is 1. The number of carbonyl (C=O) groups excluding carboxylic acids is 1. The van der Waals surface area contributed by atoms with E-state index in [0.29, 0.717) is 15.8 Å². The molecule has 8 heteroatoms. The number of rotatable bonds is 6. The first kappa shape index (κ1) is 20.3. The summed E-state index contributed by atoms with van der Waals surface area (Å²) in [4.78, 5) is 16.4. The third-order valence-corrected chi connectivity index (χ3v) is 5.59. The van der Waals surface area contributed by atoms with Gasteiger partial charge in [-0.15, -0.1) is 0 Å². The number of fused-ring (bicyclic) bond motifs is 1. The Labute approximate surface area is 182 Å². The number of hydrazone groups is 1. The molecule has 4 aromatic rings. The lowest BCUT2D eigenvalue weighted by Crippen LogP contribution is -2.19. The van der Waals surface area contributed by atoms with E-state index in [1.807, 2.05) is 68.4 Å². The highest BCUT2D eigenvalue weighted by atomic mass is 35.5. The molecule has 0 spiro atoms. The molecule has 0 saturated heterocycles. The Morgan fingerprint density at radius 2 is 2.07 bits per heavy atom. The van der Waals surface area contributed by atoms with Crippen LogP contribution in [0, 0.1) is 13.8 Å². The summed E-state index contributed by atoms with van der Waals surface area (Å²) in [6.45, 7) is 4.01. The molecule has 1 N–H and O–H groups in total. The Morgan fingerprint density at radius 3 is 2.87 bits per heavy atom. The Morgan fingerprint density at radius 1 is 1.23 bits per heavy atom. The fraction of sp³-hybridized carbons (Fsp3) is 0.136. The fourth-order valence-corrected chi connectivity index (χ4v) is 3.99. The number of halogens is 1. The molecule has 30 heavy (non-hydrogen) atoms. The summed E-state index contributed by atoms with van der Waals surface area (Å²) in [5.74, 6) is -0.0757. The van der Waals surface area contributed by atoms with Gasteiger partial charge in [-0.05, 0) is 50.2 Å². The van der Waals surface area contributed by atoms with Crippen LogP contribution in [0.5, 0.6) is 0 Å². The second-order valence-corrected chi connectivity index (χ2v) is 8.03. The van der Waals surface area contributed by atoms with Gasteiger partial charge in [0.25, 0.3) is 11.1 Å². The van der Waals surface area contributed by atoms with Crippen LogP contribution < -0.4 is 5.43 Å². The van der Waals surface area contributed by atoms with Gasteiger partial charge in [-0.2, -0.15) is 5.10 Å². The number of nitrogens with one attached hydrogen (secondary N) is 1. The highest BCUT2D eigenvalue weighted by molar-refractivity contribution is 7.99. The topological polar surface area (TPSA) is 72.4 Å². The predicted molar refractivity (Wildman–Crippen MR) is 121 cm³/mol. The molecule has 152 valence electrons. The van der Waals surface area contributed by atoms with E-state index in [1.54, 1.807) is 6.21 Å². The molecule has 0 saturated carbocycles. The molecule has 0 aliphatic carbocycles. The summed E-state index contributed by atoms with van der Waals surface area (Å²) in [5.41, 5.74) is 7.98. The lowest BCUT2D eigenvalue weighted by atomic mass is 10.2. The maximum atomic E-state index is 12.1. The van der Waals surface area contributed by atoms with Crippen LogP contribution in [0.3, 0.4) is 0 Å². The quantitative estimate of drug-likeness (QED) is 0.257. The monoisotopic (exact) mass is 438 g/mol. The lowest BCUT2D eigenvalue weighted by molar-refractivity contribution is -0.118. The Hall–Kier alpha value is -3.03. The number of benzene rings is 2. The summed E-state index contributed by atoms with van der Waals surface area (Å²) in [6.07, 6.45) is 1.64. The molecule has 0 bridgehead atoms. The van der Waals surface area contributed by atoms with Crippen LogP contribution in [0.1, 0.15) is 17.0 Å². The molecule has 0 aliphatic rings. The van der Waals surface area contributed by atoms with E-state index in [9.17, 15) is 4.79 Å². The van der Waals surface area contributed by atoms with Gasteiger partial charge in [0.2, 0.25) is 0 Å². The van der Waals surface area contributed by atoms with Crippen LogP contribution in [0.25, 0.3) is 16.8 Å². The highest BCUT2D eigenvalue weighted by Gasteiger charge is 2.11. The maximum absolute atomic E-state index is 12.1. The molecule has 4 rings (SSSR count). The number of oxazole rings is 1. The number of para-hydroxylation sites is 2. The SMILES string of the molecule is Cc1cc(/C=N\NC(=O)CSc2nc3ccccc3o2)c(C)n1-c1cccc(Cl)c1. The average molecular weight is 439 g/mol. The van der Waals surface area contributed by atoms with E-state index in [2.05, 4.69) is 20.1 Å². The first-order valence-corrected chi connectivity index (χ1v) is 10.6. The number of aryl methyl sites for hydroxylation is 1. The van der Waals surface area contributed by atoms with Crippen molar-refractivity contribution in [1.82, 2.24) is 15.0 Å². The summed E-state index contributed by atoms with van der Waals surface area (Å²) in [5, 5.41) is 5.23. The Bertz CT molecular complexity index is 1210. The zero-order valence-electron chi connectivity index (χ0n) is 16.4. The normalized spacial score (nSPS) is 11.4. The van der Waals surface area contributed by atoms with Crippen LogP contribution in [0.2, 0.25) is 5.02 Å². The number of aromatic nitrogens is 2. The Kier molecular flexibility index (Phi) is 5.92. The van der Waals surface area contributed by atoms with Crippen molar-refractivity contribution in [3.05, 3.63) is 76.6 Å². The second kappa shape index (κ2) is 8.77. The summed E-state index contributed by atoms with van der Waals surface area (Å²) in [6, 6.07) is 17.2. The van der Waals surface area contributed by atoms with E-state index >= 15 is 0 Å². The van der Waals surface area contributed by atoms with Crippen molar-refractivity contribution in [1.29, 1.82) is 0 Å². The van der Waals surface area contributed by atoms with Crippen molar-refractivity contribution in [2.45, 2.75) is 19.1 Å². The van der Waals surface area contributed by atoms with Gasteiger partial charge in [-0.25, -0.2) is 10.4 Å². The molecular weight excluding hydrogens is 420 g/mol. The second-order valence-electron chi connectivity index (χ2n) is 6.67. The average Bonchev–Trinajstić information content (AvgIpc) is 3.26. The highest BCUT2D eigenvalue weighted by Crippen LogP contribution is 2.23. The van der Waals surface area contributed by atoms with E-state index < -0.39 is 0 Å². The van der Waals surface area contributed by atoms with Crippen molar-refractivity contribution in [2.75, 3.05) is 5.75 Å². The third kappa shape index (κ3) is 4.42. The maximum Gasteiger partial charge on any atom is 0.257 e. The van der Waals surface area contributed by atoms with Gasteiger partial charge in [-0.1, -0.05) is 41.6 Å². The summed E-state index contributed by atoms with van der Waals surface area (Å²) in [7, 11) is 0. The van der Waals surface area contributed by atoms with Gasteiger partial charge in [-0.3, -0.25) is 4.79 Å². The van der Waals surface area contributed by atoms with E-state index in [1.165, 1.54) is 11.8 Å². The molecule has 0 radical (unpaired) electrons. The van der Waals surface area contributed by atoms with Gasteiger partial charge < -0.3 is 8.98 Å². The molecule has 0 aliphatic heterocycles. The van der Waals surface area contributed by atoms with E-state index in [-0.39, 0.29) is 11.7 Å². The fourth-order valence-electron chi connectivity index (χ4n) is 3.18. The molecule has 0 atom stereocenters. The molecule has 0 fully saturated rings. The van der Waals surface area contributed by atoms with E-state index in [4.69, 9.17) is 16.0 Å². The van der Waals surface area contributed by atoms with Gasteiger partial charge in [0.05, 0.1) is 12.0 Å². The first-order valence-electron chi connectivity index (χ1n) is 9.26. The number of thioether (sulfide) groups is 1. The number of nitrogens with zero attached hydrogens (tertiary/aromatic N) is 3. The minimum absolute atomic E-state index is 0.158. The molecule has 2 aromatic heterocycles. The van der Waals surface area contributed by atoms with Crippen LogP contribution in [0.15, 0.2) is 69.3 Å². The molecule has 6 nitrogen and oxygen atoms in total. The molecule has 2 aromatic carbocycles. The Balaban J connectivity index is 1.38.